The van der Waals surface area contributed by atoms with E-state index in [2.05, 4.69) is 17.2 Å². The van der Waals surface area contributed by atoms with Gasteiger partial charge in [0.05, 0.1) is 5.69 Å². The first-order chi connectivity index (χ1) is 14.0. The van der Waals surface area contributed by atoms with Crippen LogP contribution in [0.1, 0.15) is 40.4 Å². The number of anilines is 1. The Morgan fingerprint density at radius 2 is 2.07 bits per heavy atom. The second-order valence-corrected chi connectivity index (χ2v) is 9.34. The van der Waals surface area contributed by atoms with Crippen molar-refractivity contribution in [3.63, 3.8) is 0 Å². The van der Waals surface area contributed by atoms with Crippen LogP contribution in [0.25, 0.3) is 11.3 Å². The maximum Gasteiger partial charge on any atom is 0.349 e. The SMILES string of the molecule is CC1CCc2sc(C(=O)OC(C)C(=O)Nc3nc(-c4ccccc4)cs3)cc2C1. The van der Waals surface area contributed by atoms with Gasteiger partial charge in [-0.05, 0) is 43.7 Å². The van der Waals surface area contributed by atoms with Gasteiger partial charge in [-0.2, -0.15) is 0 Å². The molecule has 0 saturated carbocycles. The minimum atomic E-state index is -0.898. The fourth-order valence-corrected chi connectivity index (χ4v) is 5.17. The molecule has 0 bridgehead atoms. The number of aromatic nitrogens is 1. The van der Waals surface area contributed by atoms with Crippen LogP contribution in [0.2, 0.25) is 0 Å². The molecule has 1 N–H and O–H groups in total. The quantitative estimate of drug-likeness (QED) is 0.571. The van der Waals surface area contributed by atoms with Crippen LogP contribution < -0.4 is 5.32 Å². The van der Waals surface area contributed by atoms with E-state index >= 15 is 0 Å². The van der Waals surface area contributed by atoms with Crippen molar-refractivity contribution in [2.45, 2.75) is 39.2 Å². The highest BCUT2D eigenvalue weighted by Gasteiger charge is 2.24. The molecule has 2 aromatic heterocycles. The van der Waals surface area contributed by atoms with Gasteiger partial charge < -0.3 is 4.74 Å². The number of aryl methyl sites for hydroxylation is 1. The van der Waals surface area contributed by atoms with Crippen molar-refractivity contribution >= 4 is 39.7 Å². The molecular weight excluding hydrogens is 404 g/mol. The number of thiophene rings is 1. The minimum Gasteiger partial charge on any atom is -0.448 e. The lowest BCUT2D eigenvalue weighted by Crippen LogP contribution is -2.29. The van der Waals surface area contributed by atoms with Gasteiger partial charge in [0.1, 0.15) is 4.88 Å². The van der Waals surface area contributed by atoms with Gasteiger partial charge in [-0.25, -0.2) is 9.78 Å². The summed E-state index contributed by atoms with van der Waals surface area (Å²) in [4.78, 5) is 31.2. The van der Waals surface area contributed by atoms with E-state index < -0.39 is 12.1 Å². The fraction of sp³-hybridized carbons (Fsp3) is 0.318. The Morgan fingerprint density at radius 3 is 2.86 bits per heavy atom. The molecule has 0 aliphatic heterocycles. The average Bonchev–Trinajstić information content (AvgIpc) is 3.35. The number of amides is 1. The molecule has 7 heteroatoms. The maximum atomic E-state index is 12.5. The summed E-state index contributed by atoms with van der Waals surface area (Å²) in [5.74, 6) is -0.184. The van der Waals surface area contributed by atoms with Gasteiger partial charge in [-0.1, -0.05) is 37.3 Å². The first kappa shape index (κ1) is 19.8. The van der Waals surface area contributed by atoms with Crippen molar-refractivity contribution in [2.24, 2.45) is 5.92 Å². The van der Waals surface area contributed by atoms with E-state index in [1.165, 1.54) is 33.1 Å². The number of nitrogens with one attached hydrogen (secondary N) is 1. The summed E-state index contributed by atoms with van der Waals surface area (Å²) < 4.78 is 5.40. The Balaban J connectivity index is 1.36. The highest BCUT2D eigenvalue weighted by Crippen LogP contribution is 2.32. The molecule has 1 aliphatic rings. The van der Waals surface area contributed by atoms with Crippen LogP contribution >= 0.6 is 22.7 Å². The highest BCUT2D eigenvalue weighted by molar-refractivity contribution is 7.14. The van der Waals surface area contributed by atoms with E-state index in [0.717, 1.165) is 30.5 Å². The summed E-state index contributed by atoms with van der Waals surface area (Å²) in [6.07, 6.45) is 2.27. The zero-order chi connectivity index (χ0) is 20.4. The normalized spacial score (nSPS) is 16.7. The average molecular weight is 427 g/mol. The van der Waals surface area contributed by atoms with E-state index in [-0.39, 0.29) is 5.91 Å². The molecule has 4 rings (SSSR count). The third-order valence-corrected chi connectivity index (χ3v) is 6.96. The molecular formula is C22H22N2O3S2. The second-order valence-electron chi connectivity index (χ2n) is 7.35. The first-order valence-corrected chi connectivity index (χ1v) is 11.3. The van der Waals surface area contributed by atoms with E-state index in [4.69, 9.17) is 4.74 Å². The summed E-state index contributed by atoms with van der Waals surface area (Å²) in [6.45, 7) is 3.81. The van der Waals surface area contributed by atoms with E-state index in [1.54, 1.807) is 6.92 Å². The monoisotopic (exact) mass is 426 g/mol. The van der Waals surface area contributed by atoms with Gasteiger partial charge >= 0.3 is 5.97 Å². The Bertz CT molecular complexity index is 1030. The number of fused-ring (bicyclic) bond motifs is 1. The fourth-order valence-electron chi connectivity index (χ4n) is 3.36. The molecule has 1 aliphatic carbocycles. The van der Waals surface area contributed by atoms with Gasteiger partial charge in [0.2, 0.25) is 0 Å². The highest BCUT2D eigenvalue weighted by atomic mass is 32.1. The van der Waals surface area contributed by atoms with Crippen molar-refractivity contribution in [2.75, 3.05) is 5.32 Å². The Labute approximate surface area is 177 Å². The minimum absolute atomic E-state index is 0.387. The van der Waals surface area contributed by atoms with Crippen LogP contribution in [0.5, 0.6) is 0 Å². The molecule has 0 radical (unpaired) electrons. The summed E-state index contributed by atoms with van der Waals surface area (Å²) in [7, 11) is 0. The molecule has 29 heavy (non-hydrogen) atoms. The van der Waals surface area contributed by atoms with Crippen LogP contribution in [0, 0.1) is 5.92 Å². The van der Waals surface area contributed by atoms with Crippen LogP contribution in [-0.2, 0) is 22.4 Å². The van der Waals surface area contributed by atoms with Gasteiger partial charge in [-0.15, -0.1) is 22.7 Å². The molecule has 0 spiro atoms. The maximum absolute atomic E-state index is 12.5. The standard InChI is InChI=1S/C22H22N2O3S2/c1-13-8-9-18-16(10-13)11-19(29-18)21(26)27-14(2)20(25)24-22-23-17(12-28-22)15-6-4-3-5-7-15/h3-7,11-14H,8-10H2,1-2H3,(H,23,24,25). The number of rotatable bonds is 5. The smallest absolute Gasteiger partial charge is 0.349 e. The number of esters is 1. The molecule has 3 aromatic rings. The Morgan fingerprint density at radius 1 is 1.28 bits per heavy atom. The van der Waals surface area contributed by atoms with E-state index in [0.29, 0.717) is 15.9 Å². The van der Waals surface area contributed by atoms with Gasteiger partial charge in [0.25, 0.3) is 5.91 Å². The number of ether oxygens (including phenoxy) is 1. The lowest BCUT2D eigenvalue weighted by Gasteiger charge is -2.16. The number of hydrogen-bond donors (Lipinski definition) is 1. The zero-order valence-corrected chi connectivity index (χ0v) is 17.9. The second kappa shape index (κ2) is 8.47. The molecule has 2 heterocycles. The lowest BCUT2D eigenvalue weighted by atomic mass is 9.90. The molecule has 0 fully saturated rings. The van der Waals surface area contributed by atoms with Crippen LogP contribution in [0.4, 0.5) is 5.13 Å². The van der Waals surface area contributed by atoms with Crippen molar-refractivity contribution in [1.29, 1.82) is 0 Å². The molecule has 1 amide bonds. The number of nitrogens with zero attached hydrogens (tertiary/aromatic N) is 1. The molecule has 150 valence electrons. The molecule has 5 nitrogen and oxygen atoms in total. The van der Waals surface area contributed by atoms with E-state index in [9.17, 15) is 9.59 Å². The first-order valence-electron chi connectivity index (χ1n) is 9.64. The summed E-state index contributed by atoms with van der Waals surface area (Å²) in [6, 6.07) is 11.7. The summed E-state index contributed by atoms with van der Waals surface area (Å²) in [5.41, 5.74) is 3.03. The van der Waals surface area contributed by atoms with Crippen LogP contribution in [0.15, 0.2) is 41.8 Å². The number of carbonyl (C=O) groups is 2. The van der Waals surface area contributed by atoms with Gasteiger partial charge in [0.15, 0.2) is 11.2 Å². The largest absolute Gasteiger partial charge is 0.448 e. The number of thiazole rings is 1. The van der Waals surface area contributed by atoms with Crippen molar-refractivity contribution in [1.82, 2.24) is 4.98 Å². The predicted molar refractivity (Wildman–Crippen MR) is 117 cm³/mol. The number of hydrogen-bond acceptors (Lipinski definition) is 6. The Kier molecular flexibility index (Phi) is 5.78. The molecule has 1 aromatic carbocycles. The molecule has 2 unspecified atom stereocenters. The van der Waals surface area contributed by atoms with Gasteiger partial charge in [0, 0.05) is 15.8 Å². The predicted octanol–water partition coefficient (Wildman–Crippen LogP) is 5.18. The van der Waals surface area contributed by atoms with E-state index in [1.807, 2.05) is 41.8 Å². The molecule has 2 atom stereocenters. The van der Waals surface area contributed by atoms with Crippen molar-refractivity contribution in [3.8, 4) is 11.3 Å². The van der Waals surface area contributed by atoms with Gasteiger partial charge in [-0.3, -0.25) is 10.1 Å². The van der Waals surface area contributed by atoms with Crippen LogP contribution in [-0.4, -0.2) is 23.0 Å². The van der Waals surface area contributed by atoms with Crippen molar-refractivity contribution < 1.29 is 14.3 Å². The third-order valence-electron chi connectivity index (χ3n) is 4.99. The number of benzene rings is 1. The topological polar surface area (TPSA) is 68.3 Å². The summed E-state index contributed by atoms with van der Waals surface area (Å²) >= 11 is 2.83. The van der Waals surface area contributed by atoms with Crippen LogP contribution in [0.3, 0.4) is 0 Å². The lowest BCUT2D eigenvalue weighted by molar-refractivity contribution is -0.123. The zero-order valence-electron chi connectivity index (χ0n) is 16.3. The molecule has 0 saturated heterocycles. The third kappa shape index (κ3) is 4.57. The summed E-state index contributed by atoms with van der Waals surface area (Å²) in [5, 5.41) is 5.11. The Hall–Kier alpha value is -2.51. The number of carbonyl (C=O) groups excluding carboxylic acids is 2. The van der Waals surface area contributed by atoms with Crippen molar-refractivity contribution in [3.05, 3.63) is 57.1 Å².